The van der Waals surface area contributed by atoms with E-state index in [2.05, 4.69) is 30.2 Å². The topological polar surface area (TPSA) is 152 Å². The van der Waals surface area contributed by atoms with Gasteiger partial charge in [-0.15, -0.1) is 0 Å². The summed E-state index contributed by atoms with van der Waals surface area (Å²) < 4.78 is 45.2. The zero-order chi connectivity index (χ0) is 25.0. The predicted molar refractivity (Wildman–Crippen MR) is 131 cm³/mol. The van der Waals surface area contributed by atoms with Crippen molar-refractivity contribution in [3.63, 3.8) is 0 Å². The van der Waals surface area contributed by atoms with E-state index in [4.69, 9.17) is 10.5 Å². The van der Waals surface area contributed by atoms with Crippen LogP contribution in [0.3, 0.4) is 0 Å². The molecule has 0 spiro atoms. The average Bonchev–Trinajstić information content (AvgIpc) is 2.81. The smallest absolute Gasteiger partial charge is 0.254 e. The molecule has 1 saturated heterocycles. The SMILES string of the molecule is CS(=O)(=O)Nc1cc(N2CCOCC2)ccc1Nc1ccnc(Nc2ccc(F)cn2)c1C(N)=O. The lowest BCUT2D eigenvalue weighted by molar-refractivity contribution is 0.100. The van der Waals surface area contributed by atoms with Crippen LogP contribution in [-0.2, 0) is 14.8 Å². The molecule has 4 rings (SSSR count). The van der Waals surface area contributed by atoms with Crippen molar-refractivity contribution < 1.29 is 22.3 Å². The van der Waals surface area contributed by atoms with Crippen molar-refractivity contribution in [2.75, 3.05) is 52.8 Å². The van der Waals surface area contributed by atoms with Gasteiger partial charge in [-0.3, -0.25) is 9.52 Å². The second-order valence-electron chi connectivity index (χ2n) is 7.76. The average molecular weight is 502 g/mol. The van der Waals surface area contributed by atoms with Gasteiger partial charge in [0.15, 0.2) is 0 Å². The molecular weight excluding hydrogens is 477 g/mol. The van der Waals surface area contributed by atoms with Gasteiger partial charge in [0.05, 0.1) is 42.7 Å². The summed E-state index contributed by atoms with van der Waals surface area (Å²) in [6, 6.07) is 9.39. The van der Waals surface area contributed by atoms with Gasteiger partial charge in [-0.25, -0.2) is 22.8 Å². The van der Waals surface area contributed by atoms with E-state index in [-0.39, 0.29) is 22.9 Å². The fraction of sp³-hybridized carbons (Fsp3) is 0.227. The molecule has 184 valence electrons. The lowest BCUT2D eigenvalue weighted by Gasteiger charge is -2.29. The first-order valence-corrected chi connectivity index (χ1v) is 12.5. The van der Waals surface area contributed by atoms with Gasteiger partial charge >= 0.3 is 0 Å². The highest BCUT2D eigenvalue weighted by molar-refractivity contribution is 7.92. The van der Waals surface area contributed by atoms with E-state index in [1.165, 1.54) is 24.4 Å². The number of nitrogens with zero attached hydrogens (tertiary/aromatic N) is 3. The third-order valence-corrected chi connectivity index (χ3v) is 5.71. The summed E-state index contributed by atoms with van der Waals surface area (Å²) in [5.41, 5.74) is 7.44. The largest absolute Gasteiger partial charge is 0.378 e. The van der Waals surface area contributed by atoms with Crippen LogP contribution in [0.4, 0.5) is 38.8 Å². The monoisotopic (exact) mass is 501 g/mol. The molecule has 0 unspecified atom stereocenters. The Kier molecular flexibility index (Phi) is 6.98. The summed E-state index contributed by atoms with van der Waals surface area (Å²) in [7, 11) is -3.61. The predicted octanol–water partition coefficient (Wildman–Crippen LogP) is 2.41. The van der Waals surface area contributed by atoms with E-state index < -0.39 is 21.7 Å². The number of ether oxygens (including phenoxy) is 1. The molecule has 1 aliphatic rings. The molecule has 1 aliphatic heterocycles. The lowest BCUT2D eigenvalue weighted by atomic mass is 10.1. The summed E-state index contributed by atoms with van der Waals surface area (Å²) >= 11 is 0. The van der Waals surface area contributed by atoms with E-state index >= 15 is 0 Å². The van der Waals surface area contributed by atoms with Crippen molar-refractivity contribution in [2.45, 2.75) is 0 Å². The number of carbonyl (C=O) groups is 1. The first kappa shape index (κ1) is 24.2. The summed E-state index contributed by atoms with van der Waals surface area (Å²) in [6.07, 6.45) is 3.51. The number of nitrogens with two attached hydrogens (primary N) is 1. The van der Waals surface area contributed by atoms with Crippen molar-refractivity contribution in [2.24, 2.45) is 5.73 Å². The number of morpholine rings is 1. The standard InChI is InChI=1S/C22H24FN7O4S/c1-35(32,33)29-18-12-15(30-8-10-34-11-9-30)3-4-16(18)27-17-6-7-25-22(20(17)21(24)31)28-19-5-2-14(23)13-26-19/h2-7,12-13,29H,8-11H2,1H3,(H2,24,31)(H2,25,26,27,28). The highest BCUT2D eigenvalue weighted by Gasteiger charge is 2.19. The molecule has 35 heavy (non-hydrogen) atoms. The Morgan fingerprint density at radius 2 is 1.83 bits per heavy atom. The normalized spacial score (nSPS) is 13.8. The van der Waals surface area contributed by atoms with Crippen LogP contribution < -0.4 is 26.0 Å². The molecule has 0 aliphatic carbocycles. The minimum atomic E-state index is -3.61. The van der Waals surface area contributed by atoms with Crippen LogP contribution in [0.15, 0.2) is 48.8 Å². The van der Waals surface area contributed by atoms with E-state index in [0.29, 0.717) is 37.7 Å². The highest BCUT2D eigenvalue weighted by atomic mass is 32.2. The highest BCUT2D eigenvalue weighted by Crippen LogP contribution is 2.34. The van der Waals surface area contributed by atoms with Crippen LogP contribution in [0.2, 0.25) is 0 Å². The van der Waals surface area contributed by atoms with Crippen molar-refractivity contribution in [3.05, 3.63) is 60.2 Å². The minimum Gasteiger partial charge on any atom is -0.378 e. The van der Waals surface area contributed by atoms with Gasteiger partial charge in [-0.1, -0.05) is 0 Å². The number of halogens is 1. The van der Waals surface area contributed by atoms with Crippen molar-refractivity contribution >= 4 is 50.3 Å². The molecule has 13 heteroatoms. The Morgan fingerprint density at radius 1 is 1.06 bits per heavy atom. The zero-order valence-corrected chi connectivity index (χ0v) is 19.6. The molecule has 3 heterocycles. The zero-order valence-electron chi connectivity index (χ0n) is 18.8. The van der Waals surface area contributed by atoms with Crippen LogP contribution >= 0.6 is 0 Å². The molecule has 5 N–H and O–H groups in total. The second kappa shape index (κ2) is 10.1. The maximum atomic E-state index is 13.2. The number of rotatable bonds is 8. The van der Waals surface area contributed by atoms with Gasteiger partial charge in [0.1, 0.15) is 23.0 Å². The number of hydrogen-bond donors (Lipinski definition) is 4. The quantitative estimate of drug-likeness (QED) is 0.365. The van der Waals surface area contributed by atoms with Crippen LogP contribution in [-0.4, -0.2) is 56.9 Å². The summed E-state index contributed by atoms with van der Waals surface area (Å²) in [5.74, 6) is -0.940. The number of carbonyl (C=O) groups excluding carboxylic acids is 1. The van der Waals surface area contributed by atoms with Gasteiger partial charge in [0.2, 0.25) is 10.0 Å². The maximum absolute atomic E-state index is 13.2. The molecule has 1 fully saturated rings. The van der Waals surface area contributed by atoms with E-state index in [0.717, 1.165) is 18.1 Å². The molecule has 2 aromatic heterocycles. The van der Waals surface area contributed by atoms with Gasteiger partial charge in [0, 0.05) is 25.0 Å². The van der Waals surface area contributed by atoms with Gasteiger partial charge < -0.3 is 26.0 Å². The van der Waals surface area contributed by atoms with Crippen LogP contribution in [0, 0.1) is 5.82 Å². The first-order chi connectivity index (χ1) is 16.7. The van der Waals surface area contributed by atoms with Crippen molar-refractivity contribution in [3.8, 4) is 0 Å². The number of nitrogens with one attached hydrogen (secondary N) is 3. The molecule has 11 nitrogen and oxygen atoms in total. The number of hydrogen-bond acceptors (Lipinski definition) is 9. The Morgan fingerprint density at radius 3 is 2.49 bits per heavy atom. The number of amides is 1. The molecule has 0 saturated carbocycles. The van der Waals surface area contributed by atoms with Crippen LogP contribution in [0.1, 0.15) is 10.4 Å². The van der Waals surface area contributed by atoms with Gasteiger partial charge in [0.25, 0.3) is 5.91 Å². The van der Waals surface area contributed by atoms with Crippen LogP contribution in [0.25, 0.3) is 0 Å². The summed E-state index contributed by atoms with van der Waals surface area (Å²) in [4.78, 5) is 22.5. The third-order valence-electron chi connectivity index (χ3n) is 5.12. The first-order valence-electron chi connectivity index (χ1n) is 10.6. The number of pyridine rings is 2. The fourth-order valence-corrected chi connectivity index (χ4v) is 4.14. The number of anilines is 6. The van der Waals surface area contributed by atoms with E-state index in [9.17, 15) is 17.6 Å². The lowest BCUT2D eigenvalue weighted by Crippen LogP contribution is -2.36. The van der Waals surface area contributed by atoms with Gasteiger partial charge in [-0.2, -0.15) is 0 Å². The molecular formula is C22H24FN7O4S. The van der Waals surface area contributed by atoms with Gasteiger partial charge in [-0.05, 0) is 36.4 Å². The number of primary amides is 1. The maximum Gasteiger partial charge on any atom is 0.254 e. The second-order valence-corrected chi connectivity index (χ2v) is 9.51. The molecule has 0 radical (unpaired) electrons. The van der Waals surface area contributed by atoms with Crippen LogP contribution in [0.5, 0.6) is 0 Å². The number of sulfonamides is 1. The Labute approximate surface area is 201 Å². The number of aromatic nitrogens is 2. The Hall–Kier alpha value is -3.97. The van der Waals surface area contributed by atoms with E-state index in [1.54, 1.807) is 12.1 Å². The molecule has 0 atom stereocenters. The number of benzene rings is 1. The Bertz CT molecular complexity index is 1330. The Balaban J connectivity index is 1.70. The minimum absolute atomic E-state index is 0.0150. The summed E-state index contributed by atoms with van der Waals surface area (Å²) in [6.45, 7) is 2.50. The third kappa shape index (κ3) is 6.13. The molecule has 1 aromatic carbocycles. The molecule has 0 bridgehead atoms. The van der Waals surface area contributed by atoms with E-state index in [1.807, 2.05) is 6.07 Å². The summed E-state index contributed by atoms with van der Waals surface area (Å²) in [5, 5.41) is 5.93. The van der Waals surface area contributed by atoms with Crippen molar-refractivity contribution in [1.29, 1.82) is 0 Å². The molecule has 3 aromatic rings. The fourth-order valence-electron chi connectivity index (χ4n) is 3.57. The van der Waals surface area contributed by atoms with Crippen molar-refractivity contribution in [1.82, 2.24) is 9.97 Å². The molecule has 1 amide bonds.